The Kier molecular flexibility index (Phi) is 2.33. The summed E-state index contributed by atoms with van der Waals surface area (Å²) < 4.78 is 15.2. The van der Waals surface area contributed by atoms with Crippen molar-refractivity contribution in [3.63, 3.8) is 0 Å². The Morgan fingerprint density at radius 1 is 0.850 bits per heavy atom. The Morgan fingerprint density at radius 2 is 1.65 bits per heavy atom. The molecule has 20 heavy (non-hydrogen) atoms. The van der Waals surface area contributed by atoms with Crippen molar-refractivity contribution < 1.29 is 4.39 Å². The molecule has 0 saturated carbocycles. The molecule has 2 heterocycles. The van der Waals surface area contributed by atoms with Crippen LogP contribution < -0.4 is 0 Å². The predicted octanol–water partition coefficient (Wildman–Crippen LogP) is 4.29. The number of fused-ring (bicyclic) bond motifs is 3. The molecule has 0 fully saturated rings. The topological polar surface area (TPSA) is 17.3 Å². The van der Waals surface area contributed by atoms with E-state index in [-0.39, 0.29) is 5.82 Å². The van der Waals surface area contributed by atoms with E-state index in [4.69, 9.17) is 0 Å². The number of hydrogen-bond donors (Lipinski definition) is 0. The lowest BCUT2D eigenvalue weighted by atomic mass is 10.1. The van der Waals surface area contributed by atoms with Gasteiger partial charge in [0, 0.05) is 0 Å². The molecule has 0 bridgehead atoms. The van der Waals surface area contributed by atoms with Gasteiger partial charge in [0.15, 0.2) is 0 Å². The first kappa shape index (κ1) is 11.2. The lowest BCUT2D eigenvalue weighted by molar-refractivity contribution is 0.628. The molecule has 0 aliphatic carbocycles. The molecule has 0 aliphatic heterocycles. The van der Waals surface area contributed by atoms with E-state index in [1.54, 1.807) is 12.1 Å². The van der Waals surface area contributed by atoms with Crippen LogP contribution in [-0.4, -0.2) is 9.38 Å². The Labute approximate surface area is 115 Å². The van der Waals surface area contributed by atoms with Crippen molar-refractivity contribution in [1.82, 2.24) is 9.38 Å². The van der Waals surface area contributed by atoms with Crippen LogP contribution in [-0.2, 0) is 0 Å². The van der Waals surface area contributed by atoms with Crippen molar-refractivity contribution in [2.24, 2.45) is 0 Å². The van der Waals surface area contributed by atoms with Crippen LogP contribution in [0.2, 0.25) is 0 Å². The van der Waals surface area contributed by atoms with Crippen molar-refractivity contribution in [3.05, 3.63) is 72.7 Å². The van der Waals surface area contributed by atoms with Crippen LogP contribution in [0.25, 0.3) is 27.8 Å². The van der Waals surface area contributed by atoms with Crippen LogP contribution in [0.4, 0.5) is 4.39 Å². The van der Waals surface area contributed by atoms with Crippen molar-refractivity contribution in [2.75, 3.05) is 0 Å². The predicted molar refractivity (Wildman–Crippen MR) is 78.1 cm³/mol. The Morgan fingerprint density at radius 3 is 2.50 bits per heavy atom. The summed E-state index contributed by atoms with van der Waals surface area (Å²) in [6, 6.07) is 18.6. The maximum Gasteiger partial charge on any atom is 0.123 e. The molecule has 4 aromatic rings. The zero-order chi connectivity index (χ0) is 13.5. The van der Waals surface area contributed by atoms with Crippen LogP contribution in [0, 0.1) is 5.82 Å². The maximum atomic E-state index is 13.1. The van der Waals surface area contributed by atoms with Crippen molar-refractivity contribution >= 4 is 16.6 Å². The van der Waals surface area contributed by atoms with Gasteiger partial charge in [-0.3, -0.25) is 4.98 Å². The number of nitrogens with zero attached hydrogens (tertiary/aromatic N) is 2. The van der Waals surface area contributed by atoms with E-state index in [2.05, 4.69) is 9.38 Å². The van der Waals surface area contributed by atoms with Gasteiger partial charge in [0.1, 0.15) is 5.82 Å². The van der Waals surface area contributed by atoms with Gasteiger partial charge in [0.25, 0.3) is 0 Å². The monoisotopic (exact) mass is 262 g/mol. The number of halogens is 1. The highest BCUT2D eigenvalue weighted by Gasteiger charge is 2.08. The third kappa shape index (κ3) is 1.60. The first-order chi connectivity index (χ1) is 9.83. The molecule has 2 nitrogen and oxygen atoms in total. The summed E-state index contributed by atoms with van der Waals surface area (Å²) in [4.78, 5) is 4.45. The second-order valence-corrected chi connectivity index (χ2v) is 4.73. The summed E-state index contributed by atoms with van der Waals surface area (Å²) in [6.07, 6.45) is 1.86. The molecule has 0 spiro atoms. The van der Waals surface area contributed by atoms with Gasteiger partial charge in [-0.05, 0) is 54.1 Å². The lowest BCUT2D eigenvalue weighted by Crippen LogP contribution is -1.92. The standard InChI is InChI=1S/C17H11FN2/c18-13-7-5-12(6-8-13)16-10-9-14-11-19-15-3-1-2-4-17(15)20(14)16/h1-11H. The van der Waals surface area contributed by atoms with Gasteiger partial charge < -0.3 is 4.40 Å². The molecule has 0 unspecified atom stereocenters. The molecular weight excluding hydrogens is 251 g/mol. The molecule has 4 rings (SSSR count). The van der Waals surface area contributed by atoms with E-state index in [0.717, 1.165) is 27.8 Å². The number of aromatic nitrogens is 2. The average Bonchev–Trinajstić information content (AvgIpc) is 2.92. The van der Waals surface area contributed by atoms with Gasteiger partial charge in [0.05, 0.1) is 28.4 Å². The Bertz CT molecular complexity index is 907. The molecule has 3 heteroatoms. The third-order valence-corrected chi connectivity index (χ3v) is 3.51. The van der Waals surface area contributed by atoms with E-state index in [1.807, 2.05) is 42.6 Å². The van der Waals surface area contributed by atoms with Crippen LogP contribution in [0.3, 0.4) is 0 Å². The quantitative estimate of drug-likeness (QED) is 0.500. The van der Waals surface area contributed by atoms with Crippen LogP contribution in [0.1, 0.15) is 0 Å². The van der Waals surface area contributed by atoms with E-state index in [0.29, 0.717) is 0 Å². The van der Waals surface area contributed by atoms with E-state index in [1.165, 1.54) is 12.1 Å². The zero-order valence-electron chi connectivity index (χ0n) is 10.6. The SMILES string of the molecule is Fc1ccc(-c2ccc3cnc4ccccc4n23)cc1. The van der Waals surface area contributed by atoms with Gasteiger partial charge in [-0.15, -0.1) is 0 Å². The van der Waals surface area contributed by atoms with Gasteiger partial charge in [-0.1, -0.05) is 12.1 Å². The molecule has 0 amide bonds. The Balaban J connectivity index is 2.09. The second kappa shape index (κ2) is 4.17. The number of para-hydroxylation sites is 2. The first-order valence-corrected chi connectivity index (χ1v) is 6.44. The van der Waals surface area contributed by atoms with E-state index >= 15 is 0 Å². The number of rotatable bonds is 1. The fourth-order valence-corrected chi connectivity index (χ4v) is 2.57. The zero-order valence-corrected chi connectivity index (χ0v) is 10.6. The van der Waals surface area contributed by atoms with Crippen LogP contribution >= 0.6 is 0 Å². The van der Waals surface area contributed by atoms with Crippen molar-refractivity contribution in [1.29, 1.82) is 0 Å². The fraction of sp³-hybridized carbons (Fsp3) is 0. The summed E-state index contributed by atoms with van der Waals surface area (Å²) in [7, 11) is 0. The molecule has 0 saturated heterocycles. The van der Waals surface area contributed by atoms with Crippen LogP contribution in [0.15, 0.2) is 66.9 Å². The summed E-state index contributed by atoms with van der Waals surface area (Å²) in [5.74, 6) is -0.221. The molecular formula is C17H11FN2. The first-order valence-electron chi connectivity index (χ1n) is 6.44. The minimum atomic E-state index is -0.221. The highest BCUT2D eigenvalue weighted by Crippen LogP contribution is 2.26. The molecule has 2 aromatic carbocycles. The van der Waals surface area contributed by atoms with Crippen molar-refractivity contribution in [2.45, 2.75) is 0 Å². The van der Waals surface area contributed by atoms with Gasteiger partial charge in [-0.2, -0.15) is 0 Å². The maximum absolute atomic E-state index is 13.1. The largest absolute Gasteiger partial charge is 0.306 e. The molecule has 0 N–H and O–H groups in total. The van der Waals surface area contributed by atoms with E-state index in [9.17, 15) is 4.39 Å². The summed E-state index contributed by atoms with van der Waals surface area (Å²) >= 11 is 0. The lowest BCUT2D eigenvalue weighted by Gasteiger charge is -2.07. The van der Waals surface area contributed by atoms with Gasteiger partial charge in [-0.25, -0.2) is 4.39 Å². The summed E-state index contributed by atoms with van der Waals surface area (Å²) in [6.45, 7) is 0. The Hall–Kier alpha value is -2.68. The highest BCUT2D eigenvalue weighted by molar-refractivity contribution is 5.82. The molecule has 0 aliphatic rings. The molecule has 0 radical (unpaired) electrons. The highest BCUT2D eigenvalue weighted by atomic mass is 19.1. The summed E-state index contributed by atoms with van der Waals surface area (Å²) in [5, 5.41) is 0. The molecule has 2 aromatic heterocycles. The number of benzene rings is 2. The average molecular weight is 262 g/mol. The normalized spacial score (nSPS) is 11.2. The van der Waals surface area contributed by atoms with Gasteiger partial charge >= 0.3 is 0 Å². The summed E-state index contributed by atoms with van der Waals surface area (Å²) in [5.41, 5.74) is 5.05. The van der Waals surface area contributed by atoms with Gasteiger partial charge in [0.2, 0.25) is 0 Å². The van der Waals surface area contributed by atoms with Crippen LogP contribution in [0.5, 0.6) is 0 Å². The third-order valence-electron chi connectivity index (χ3n) is 3.51. The molecule has 0 atom stereocenters. The smallest absolute Gasteiger partial charge is 0.123 e. The fourth-order valence-electron chi connectivity index (χ4n) is 2.57. The minimum absolute atomic E-state index is 0.221. The van der Waals surface area contributed by atoms with Crippen molar-refractivity contribution in [3.8, 4) is 11.3 Å². The second-order valence-electron chi connectivity index (χ2n) is 4.73. The van der Waals surface area contributed by atoms with E-state index < -0.39 is 0 Å². The minimum Gasteiger partial charge on any atom is -0.306 e. The number of hydrogen-bond acceptors (Lipinski definition) is 1. The molecule has 96 valence electrons.